The molecule has 0 saturated heterocycles. The van der Waals surface area contributed by atoms with Crippen LogP contribution >= 0.6 is 24.8 Å². The van der Waals surface area contributed by atoms with Crippen molar-refractivity contribution in [2.45, 2.75) is 58.7 Å². The van der Waals surface area contributed by atoms with E-state index >= 15 is 0 Å². The molecule has 0 saturated carbocycles. The first-order valence-electron chi connectivity index (χ1n) is 12.6. The van der Waals surface area contributed by atoms with Crippen LogP contribution in [-0.2, 0) is 21.0 Å². The molecule has 176 valence electrons. The minimum atomic E-state index is -2.50. The first-order chi connectivity index (χ1) is 15.9. The van der Waals surface area contributed by atoms with Crippen molar-refractivity contribution in [3.8, 4) is 0 Å². The molecule has 0 aliphatic heterocycles. The fourth-order valence-corrected chi connectivity index (χ4v) is 20.9. The van der Waals surface area contributed by atoms with Gasteiger partial charge in [0.2, 0.25) is 0 Å². The fourth-order valence-electron chi connectivity index (χ4n) is 6.45. The summed E-state index contributed by atoms with van der Waals surface area (Å²) in [5.74, 6) is 0. The molecule has 34 heavy (non-hydrogen) atoms. The first kappa shape index (κ1) is 25.8. The second-order valence-electron chi connectivity index (χ2n) is 9.75. The smallest absolute Gasteiger partial charge is 0.147 e. The van der Waals surface area contributed by atoms with Gasteiger partial charge in [-0.15, -0.1) is 24.8 Å². The number of rotatable bonds is 4. The molecule has 0 radical (unpaired) electrons. The van der Waals surface area contributed by atoms with E-state index in [4.69, 9.17) is 0 Å². The van der Waals surface area contributed by atoms with Crippen LogP contribution in [-0.4, -0.2) is 3.26 Å². The van der Waals surface area contributed by atoms with Crippen molar-refractivity contribution < 1.29 is 21.0 Å². The van der Waals surface area contributed by atoms with E-state index in [0.29, 0.717) is 0 Å². The number of hydrogen-bond donors (Lipinski definition) is 0. The van der Waals surface area contributed by atoms with Crippen LogP contribution in [0.4, 0.5) is 0 Å². The SMILES string of the molecule is C1=C[CH]([Hf](=[C](c2ccccc2)c2ccccc2)[CH]2C=CC3=C2CCCC3)C2=C1CCCC2.Cl.Cl. The van der Waals surface area contributed by atoms with Crippen molar-refractivity contribution in [1.29, 1.82) is 0 Å². The topological polar surface area (TPSA) is 0 Å². The quantitative estimate of drug-likeness (QED) is 0.288. The predicted molar refractivity (Wildman–Crippen MR) is 147 cm³/mol. The zero-order chi connectivity index (χ0) is 21.3. The first-order valence-corrected chi connectivity index (χ1v) is 18.5. The Morgan fingerprint density at radius 2 is 0.971 bits per heavy atom. The standard InChI is InChI=1S/C13H10.2C9H11.2ClH.Hf/c1-3-7-12(8-4-1)11-13-9-5-2-6-10-13;2*1-2-5-9-7-3-6-8(9)4-1;;;/h1-10H;2*3,6-7H,1-2,4-5H2;2*1H;. The zero-order valence-corrected chi connectivity index (χ0v) is 24.9. The van der Waals surface area contributed by atoms with Gasteiger partial charge in [-0.1, -0.05) is 0 Å². The molecule has 0 nitrogen and oxygen atoms in total. The summed E-state index contributed by atoms with van der Waals surface area (Å²) >= 11 is -2.50. The molecular weight excluding hydrogens is 622 g/mol. The van der Waals surface area contributed by atoms with Gasteiger partial charge in [-0.3, -0.25) is 0 Å². The third-order valence-corrected chi connectivity index (χ3v) is 20.8. The Bertz CT molecular complexity index is 1080. The third kappa shape index (κ3) is 4.86. The van der Waals surface area contributed by atoms with E-state index in [1.54, 1.807) is 14.4 Å². The van der Waals surface area contributed by atoms with Crippen molar-refractivity contribution in [1.82, 2.24) is 0 Å². The van der Waals surface area contributed by atoms with Gasteiger partial charge in [0.15, 0.2) is 0 Å². The minimum Gasteiger partial charge on any atom is -0.147 e. The molecule has 2 atom stereocenters. The Morgan fingerprint density at radius 3 is 1.41 bits per heavy atom. The third-order valence-electron chi connectivity index (χ3n) is 7.92. The molecule has 0 N–H and O–H groups in total. The molecule has 2 unspecified atom stereocenters. The molecule has 6 rings (SSSR count). The largest absolute Gasteiger partial charge is 0.147 e. The number of benzene rings is 2. The summed E-state index contributed by atoms with van der Waals surface area (Å²) in [7, 11) is 0. The molecule has 0 amide bonds. The van der Waals surface area contributed by atoms with Crippen LogP contribution in [0, 0.1) is 0 Å². The van der Waals surface area contributed by atoms with Crippen molar-refractivity contribution in [3.63, 3.8) is 0 Å². The second-order valence-corrected chi connectivity index (χ2v) is 19.3. The van der Waals surface area contributed by atoms with E-state index in [2.05, 4.69) is 85.0 Å². The van der Waals surface area contributed by atoms with E-state index < -0.39 is 21.0 Å². The monoisotopic (exact) mass is 656 g/mol. The maximum absolute atomic E-state index is 2.67. The molecule has 0 spiro atoms. The average Bonchev–Trinajstić information content (AvgIpc) is 3.48. The normalized spacial score (nSPS) is 22.6. The molecule has 4 aliphatic carbocycles. The van der Waals surface area contributed by atoms with E-state index in [0.717, 1.165) is 7.35 Å². The molecule has 0 bridgehead atoms. The molecule has 2 aromatic rings. The van der Waals surface area contributed by atoms with Crippen molar-refractivity contribution >= 4 is 28.1 Å². The van der Waals surface area contributed by atoms with Gasteiger partial charge in [0, 0.05) is 0 Å². The summed E-state index contributed by atoms with van der Waals surface area (Å²) in [5, 5.41) is 0. The summed E-state index contributed by atoms with van der Waals surface area (Å²) in [4.78, 5) is 0. The maximum Gasteiger partial charge on any atom is -0.147 e. The number of hydrogen-bond acceptors (Lipinski definition) is 0. The van der Waals surface area contributed by atoms with E-state index in [-0.39, 0.29) is 24.8 Å². The fraction of sp³-hybridized carbons (Fsp3) is 0.323. The van der Waals surface area contributed by atoms with E-state index in [1.165, 1.54) is 62.5 Å². The summed E-state index contributed by atoms with van der Waals surface area (Å²) in [6.45, 7) is 0. The summed E-state index contributed by atoms with van der Waals surface area (Å²) in [6, 6.07) is 22.9. The van der Waals surface area contributed by atoms with Crippen LogP contribution in [0.3, 0.4) is 0 Å². The van der Waals surface area contributed by atoms with Crippen LogP contribution < -0.4 is 0 Å². The second kappa shape index (κ2) is 11.6. The van der Waals surface area contributed by atoms with Gasteiger partial charge in [-0.2, -0.15) is 0 Å². The molecule has 0 aromatic heterocycles. The van der Waals surface area contributed by atoms with Crippen molar-refractivity contribution in [3.05, 3.63) is 118 Å². The Balaban J connectivity index is 0.00000137. The molecule has 4 aliphatic rings. The van der Waals surface area contributed by atoms with E-state index in [9.17, 15) is 0 Å². The van der Waals surface area contributed by atoms with Crippen molar-refractivity contribution in [2.75, 3.05) is 0 Å². The van der Waals surface area contributed by atoms with Gasteiger partial charge in [-0.05, 0) is 0 Å². The molecule has 2 aromatic carbocycles. The van der Waals surface area contributed by atoms with Crippen LogP contribution in [0.5, 0.6) is 0 Å². The van der Waals surface area contributed by atoms with Crippen LogP contribution in [0.1, 0.15) is 62.5 Å². The van der Waals surface area contributed by atoms with Gasteiger partial charge in [0.25, 0.3) is 0 Å². The molecule has 3 heteroatoms. The van der Waals surface area contributed by atoms with Gasteiger partial charge in [0.1, 0.15) is 0 Å². The number of halogens is 2. The summed E-state index contributed by atoms with van der Waals surface area (Å²) in [5.41, 5.74) is 10.0. The zero-order valence-electron chi connectivity index (χ0n) is 19.7. The van der Waals surface area contributed by atoms with E-state index in [1.807, 2.05) is 11.1 Å². The van der Waals surface area contributed by atoms with Gasteiger partial charge in [-0.25, -0.2) is 0 Å². The summed E-state index contributed by atoms with van der Waals surface area (Å²) in [6.07, 6.45) is 21.2. The summed E-state index contributed by atoms with van der Waals surface area (Å²) < 4.78 is 3.21. The Kier molecular flexibility index (Phi) is 8.83. The van der Waals surface area contributed by atoms with Crippen LogP contribution in [0.2, 0.25) is 7.35 Å². The maximum atomic E-state index is 2.67. The minimum absolute atomic E-state index is 0. The van der Waals surface area contributed by atoms with Gasteiger partial charge < -0.3 is 0 Å². The van der Waals surface area contributed by atoms with Crippen LogP contribution in [0.25, 0.3) is 0 Å². The Hall–Kier alpha value is -1.28. The Morgan fingerprint density at radius 1 is 0.559 bits per heavy atom. The van der Waals surface area contributed by atoms with Gasteiger partial charge in [0.05, 0.1) is 0 Å². The molecule has 0 heterocycles. The van der Waals surface area contributed by atoms with Crippen LogP contribution in [0.15, 0.2) is 107 Å². The number of allylic oxidation sites excluding steroid dienone is 8. The Labute approximate surface area is 224 Å². The van der Waals surface area contributed by atoms with Crippen molar-refractivity contribution in [2.24, 2.45) is 0 Å². The molecular formula is C31H34Cl2Hf. The molecule has 0 fully saturated rings. The average molecular weight is 656 g/mol. The predicted octanol–water partition coefficient (Wildman–Crippen LogP) is 9.17. The van der Waals surface area contributed by atoms with Gasteiger partial charge >= 0.3 is 201 Å².